The second kappa shape index (κ2) is 11.3. The zero-order valence-electron chi connectivity index (χ0n) is 16.3. The van der Waals surface area contributed by atoms with Crippen LogP contribution in [0, 0.1) is 6.92 Å². The lowest BCUT2D eigenvalue weighted by Crippen LogP contribution is -2.40. The zero-order valence-corrected chi connectivity index (χ0v) is 17.1. The molecule has 0 saturated carbocycles. The minimum absolute atomic E-state index is 0.216. The summed E-state index contributed by atoms with van der Waals surface area (Å²) >= 11 is 0. The molecule has 7 nitrogen and oxygen atoms in total. The number of nitrogens with one attached hydrogen (secondary N) is 3. The Morgan fingerprint density at radius 2 is 1.71 bits per heavy atom. The zero-order chi connectivity index (χ0) is 20.2. The molecule has 0 radical (unpaired) electrons. The van der Waals surface area contributed by atoms with Crippen molar-refractivity contribution in [3.8, 4) is 5.75 Å². The lowest BCUT2D eigenvalue weighted by molar-refractivity contribution is 0.322. The van der Waals surface area contributed by atoms with Crippen LogP contribution in [-0.4, -0.2) is 47.2 Å². The standard InChI is InChI=1S/C20H28N4O3S/c1-3-21-20(23-15-16-27-18-11-9-17(2)10-12-18)22-13-14-24-28(25,26)19-7-5-4-6-8-19/h4-12,24H,3,13-16H2,1-2H3,(H2,21,22,23). The highest BCUT2D eigenvalue weighted by Crippen LogP contribution is 2.10. The minimum atomic E-state index is -3.51. The molecule has 2 rings (SSSR count). The molecule has 0 amide bonds. The normalized spacial score (nSPS) is 11.9. The van der Waals surface area contributed by atoms with E-state index in [4.69, 9.17) is 4.74 Å². The van der Waals surface area contributed by atoms with Crippen molar-refractivity contribution >= 4 is 16.0 Å². The molecule has 8 heteroatoms. The van der Waals surface area contributed by atoms with Crippen molar-refractivity contribution in [3.63, 3.8) is 0 Å². The second-order valence-electron chi connectivity index (χ2n) is 6.06. The molecule has 0 atom stereocenters. The van der Waals surface area contributed by atoms with Crippen LogP contribution in [0.5, 0.6) is 5.75 Å². The summed E-state index contributed by atoms with van der Waals surface area (Å²) in [5.41, 5.74) is 1.19. The van der Waals surface area contributed by atoms with Crippen LogP contribution in [-0.2, 0) is 10.0 Å². The maximum atomic E-state index is 12.2. The number of sulfonamides is 1. The van der Waals surface area contributed by atoms with Gasteiger partial charge in [-0.2, -0.15) is 0 Å². The Balaban J connectivity index is 1.74. The molecule has 2 aromatic rings. The summed E-state index contributed by atoms with van der Waals surface area (Å²) in [4.78, 5) is 4.63. The molecule has 0 spiro atoms. The quantitative estimate of drug-likeness (QED) is 0.320. The molecule has 0 aliphatic rings. The monoisotopic (exact) mass is 404 g/mol. The largest absolute Gasteiger partial charge is 0.492 e. The van der Waals surface area contributed by atoms with E-state index in [0.29, 0.717) is 32.2 Å². The van der Waals surface area contributed by atoms with E-state index in [2.05, 4.69) is 20.3 Å². The predicted octanol–water partition coefficient (Wildman–Crippen LogP) is 1.91. The van der Waals surface area contributed by atoms with Gasteiger partial charge in [-0.3, -0.25) is 4.99 Å². The first-order valence-corrected chi connectivity index (χ1v) is 10.8. The van der Waals surface area contributed by atoms with Gasteiger partial charge in [0.05, 0.1) is 18.0 Å². The highest BCUT2D eigenvalue weighted by molar-refractivity contribution is 7.89. The fourth-order valence-corrected chi connectivity index (χ4v) is 3.39. The summed E-state index contributed by atoms with van der Waals surface area (Å²) in [7, 11) is -3.51. The molecule has 0 bridgehead atoms. The molecule has 0 aliphatic heterocycles. The SMILES string of the molecule is CCNC(=NCCNS(=O)(=O)c1ccccc1)NCCOc1ccc(C)cc1. The van der Waals surface area contributed by atoms with Gasteiger partial charge < -0.3 is 15.4 Å². The topological polar surface area (TPSA) is 91.8 Å². The van der Waals surface area contributed by atoms with E-state index in [1.165, 1.54) is 5.56 Å². The van der Waals surface area contributed by atoms with Crippen molar-refractivity contribution < 1.29 is 13.2 Å². The van der Waals surface area contributed by atoms with Crippen LogP contribution in [0.25, 0.3) is 0 Å². The number of nitrogens with zero attached hydrogens (tertiary/aromatic N) is 1. The van der Waals surface area contributed by atoms with Crippen molar-refractivity contribution in [2.24, 2.45) is 4.99 Å². The molecule has 0 saturated heterocycles. The predicted molar refractivity (Wildman–Crippen MR) is 112 cm³/mol. The molecule has 3 N–H and O–H groups in total. The van der Waals surface area contributed by atoms with Crippen molar-refractivity contribution in [3.05, 3.63) is 60.2 Å². The van der Waals surface area contributed by atoms with Crippen LogP contribution in [0.4, 0.5) is 0 Å². The van der Waals surface area contributed by atoms with Crippen LogP contribution in [0.1, 0.15) is 12.5 Å². The molecule has 28 heavy (non-hydrogen) atoms. The third-order valence-electron chi connectivity index (χ3n) is 3.76. The first-order valence-electron chi connectivity index (χ1n) is 9.27. The van der Waals surface area contributed by atoms with Crippen LogP contribution in [0.3, 0.4) is 0 Å². The van der Waals surface area contributed by atoms with Crippen LogP contribution in [0.2, 0.25) is 0 Å². The average Bonchev–Trinajstić information content (AvgIpc) is 2.70. The van der Waals surface area contributed by atoms with Crippen LogP contribution >= 0.6 is 0 Å². The van der Waals surface area contributed by atoms with Crippen molar-refractivity contribution in [1.82, 2.24) is 15.4 Å². The van der Waals surface area contributed by atoms with Gasteiger partial charge in [-0.05, 0) is 38.1 Å². The number of aryl methyl sites for hydroxylation is 1. The minimum Gasteiger partial charge on any atom is -0.492 e. The highest BCUT2D eigenvalue weighted by Gasteiger charge is 2.11. The maximum Gasteiger partial charge on any atom is 0.240 e. The fraction of sp³-hybridized carbons (Fsp3) is 0.350. The number of rotatable bonds is 10. The van der Waals surface area contributed by atoms with Crippen molar-refractivity contribution in [2.45, 2.75) is 18.7 Å². The van der Waals surface area contributed by atoms with Gasteiger partial charge in [0.2, 0.25) is 10.0 Å². The Labute approximate surface area is 167 Å². The third kappa shape index (κ3) is 7.58. The van der Waals surface area contributed by atoms with Crippen LogP contribution in [0.15, 0.2) is 64.5 Å². The summed E-state index contributed by atoms with van der Waals surface area (Å²) in [6, 6.07) is 16.2. The molecule has 2 aromatic carbocycles. The summed E-state index contributed by atoms with van der Waals surface area (Å²) < 4.78 is 32.5. The lowest BCUT2D eigenvalue weighted by Gasteiger charge is -2.12. The summed E-state index contributed by atoms with van der Waals surface area (Å²) in [5.74, 6) is 1.44. The van der Waals surface area contributed by atoms with Gasteiger partial charge in [0.15, 0.2) is 5.96 Å². The third-order valence-corrected chi connectivity index (χ3v) is 5.23. The van der Waals surface area contributed by atoms with Gasteiger partial charge >= 0.3 is 0 Å². The van der Waals surface area contributed by atoms with Gasteiger partial charge in [0, 0.05) is 13.1 Å². The van der Waals surface area contributed by atoms with E-state index in [1.54, 1.807) is 30.3 Å². The molecule has 0 aromatic heterocycles. The fourth-order valence-electron chi connectivity index (χ4n) is 2.35. The van der Waals surface area contributed by atoms with Crippen molar-refractivity contribution in [2.75, 3.05) is 32.8 Å². The number of guanidine groups is 1. The Hall–Kier alpha value is -2.58. The summed E-state index contributed by atoms with van der Waals surface area (Å²) in [6.07, 6.45) is 0. The molecular weight excluding hydrogens is 376 g/mol. The Morgan fingerprint density at radius 3 is 2.39 bits per heavy atom. The van der Waals surface area contributed by atoms with Crippen molar-refractivity contribution in [1.29, 1.82) is 0 Å². The Kier molecular flexibility index (Phi) is 8.77. The molecule has 0 unspecified atom stereocenters. The second-order valence-corrected chi connectivity index (χ2v) is 7.83. The molecule has 0 fully saturated rings. The Morgan fingerprint density at radius 1 is 1.00 bits per heavy atom. The average molecular weight is 405 g/mol. The van der Waals surface area contributed by atoms with Gasteiger partial charge in [-0.1, -0.05) is 35.9 Å². The number of hydrogen-bond acceptors (Lipinski definition) is 4. The summed E-state index contributed by atoms with van der Waals surface area (Å²) in [6.45, 7) is 6.32. The van der Waals surface area contributed by atoms with E-state index < -0.39 is 10.0 Å². The van der Waals surface area contributed by atoms with Gasteiger partial charge in [-0.15, -0.1) is 0 Å². The molecule has 0 heterocycles. The summed E-state index contributed by atoms with van der Waals surface area (Å²) in [5, 5.41) is 6.29. The molecular formula is C20H28N4O3S. The lowest BCUT2D eigenvalue weighted by atomic mass is 10.2. The van der Waals surface area contributed by atoms with Gasteiger partial charge in [0.1, 0.15) is 12.4 Å². The van der Waals surface area contributed by atoms with E-state index in [9.17, 15) is 8.42 Å². The maximum absolute atomic E-state index is 12.2. The highest BCUT2D eigenvalue weighted by atomic mass is 32.2. The first-order chi connectivity index (χ1) is 13.5. The van der Waals surface area contributed by atoms with Crippen LogP contribution < -0.4 is 20.1 Å². The van der Waals surface area contributed by atoms with E-state index in [1.807, 2.05) is 38.1 Å². The number of ether oxygens (including phenoxy) is 1. The first kappa shape index (κ1) is 21.7. The number of benzene rings is 2. The van der Waals surface area contributed by atoms with E-state index >= 15 is 0 Å². The van der Waals surface area contributed by atoms with E-state index in [-0.39, 0.29) is 11.4 Å². The van der Waals surface area contributed by atoms with E-state index in [0.717, 1.165) is 5.75 Å². The number of aliphatic imine (C=N–C) groups is 1. The van der Waals surface area contributed by atoms with Gasteiger partial charge in [0.25, 0.3) is 0 Å². The smallest absolute Gasteiger partial charge is 0.240 e. The van der Waals surface area contributed by atoms with Gasteiger partial charge in [-0.25, -0.2) is 13.1 Å². The molecule has 0 aliphatic carbocycles. The number of hydrogen-bond donors (Lipinski definition) is 3. The Bertz CT molecular complexity index is 838. The molecule has 152 valence electrons.